The molecule has 0 spiro atoms. The Balaban J connectivity index is 2.01. The van der Waals surface area contributed by atoms with E-state index in [0.717, 1.165) is 44.2 Å². The molecule has 0 radical (unpaired) electrons. The lowest BCUT2D eigenvalue weighted by atomic mass is 10.2. The van der Waals surface area contributed by atoms with Gasteiger partial charge < -0.3 is 10.2 Å². The minimum absolute atomic E-state index is 0.520. The number of piperazine rings is 1. The SMILES string of the molecule is CCCc1nc(N2CCN[C@@H](C)C2)n[nH]1. The molecule has 5 heteroatoms. The van der Waals surface area contributed by atoms with Crippen molar-refractivity contribution in [3.63, 3.8) is 0 Å². The monoisotopic (exact) mass is 209 g/mol. The number of nitrogens with zero attached hydrogens (tertiary/aromatic N) is 3. The molecular formula is C10H19N5. The molecule has 0 aliphatic carbocycles. The molecule has 0 bridgehead atoms. The number of aromatic amines is 1. The van der Waals surface area contributed by atoms with E-state index in [9.17, 15) is 0 Å². The standard InChI is InChI=1S/C10H19N5/c1-3-4-9-12-10(14-13-9)15-6-5-11-8(2)7-15/h8,11H,3-7H2,1-2H3,(H,12,13,14)/t8-/m0/s1. The third kappa shape index (κ3) is 2.47. The second-order valence-electron chi connectivity index (χ2n) is 4.13. The second kappa shape index (κ2) is 4.61. The number of aromatic nitrogens is 3. The fourth-order valence-corrected chi connectivity index (χ4v) is 1.89. The molecule has 0 amide bonds. The van der Waals surface area contributed by atoms with Crippen molar-refractivity contribution in [1.82, 2.24) is 20.5 Å². The maximum atomic E-state index is 4.49. The molecule has 0 saturated carbocycles. The molecule has 2 heterocycles. The van der Waals surface area contributed by atoms with Gasteiger partial charge >= 0.3 is 0 Å². The zero-order chi connectivity index (χ0) is 10.7. The van der Waals surface area contributed by atoms with Gasteiger partial charge in [-0.3, -0.25) is 5.10 Å². The summed E-state index contributed by atoms with van der Waals surface area (Å²) in [6.07, 6.45) is 2.08. The number of hydrogen-bond acceptors (Lipinski definition) is 4. The van der Waals surface area contributed by atoms with Crippen molar-refractivity contribution in [1.29, 1.82) is 0 Å². The van der Waals surface area contributed by atoms with Crippen LogP contribution >= 0.6 is 0 Å². The summed E-state index contributed by atoms with van der Waals surface area (Å²) in [5, 5.41) is 10.7. The average Bonchev–Trinajstić information content (AvgIpc) is 2.67. The number of H-pyrrole nitrogens is 1. The first-order chi connectivity index (χ1) is 7.29. The molecule has 5 nitrogen and oxygen atoms in total. The van der Waals surface area contributed by atoms with Gasteiger partial charge in [0.25, 0.3) is 0 Å². The maximum Gasteiger partial charge on any atom is 0.244 e. The zero-order valence-corrected chi connectivity index (χ0v) is 9.45. The third-order valence-electron chi connectivity index (χ3n) is 2.66. The van der Waals surface area contributed by atoms with Gasteiger partial charge in [0.1, 0.15) is 5.82 Å². The van der Waals surface area contributed by atoms with Gasteiger partial charge in [-0.2, -0.15) is 4.98 Å². The van der Waals surface area contributed by atoms with E-state index < -0.39 is 0 Å². The maximum absolute atomic E-state index is 4.49. The lowest BCUT2D eigenvalue weighted by Gasteiger charge is -2.30. The lowest BCUT2D eigenvalue weighted by molar-refractivity contribution is 0.479. The summed E-state index contributed by atoms with van der Waals surface area (Å²) < 4.78 is 0. The van der Waals surface area contributed by atoms with E-state index in [4.69, 9.17) is 0 Å². The smallest absolute Gasteiger partial charge is 0.244 e. The number of rotatable bonds is 3. The Labute approximate surface area is 90.3 Å². The van der Waals surface area contributed by atoms with Gasteiger partial charge in [-0.15, -0.1) is 5.10 Å². The quantitative estimate of drug-likeness (QED) is 0.763. The normalized spacial score (nSPS) is 22.0. The van der Waals surface area contributed by atoms with Gasteiger partial charge in [0.15, 0.2) is 0 Å². The highest BCUT2D eigenvalue weighted by Crippen LogP contribution is 2.10. The van der Waals surface area contributed by atoms with Crippen LogP contribution in [0.5, 0.6) is 0 Å². The van der Waals surface area contributed by atoms with Gasteiger partial charge in [-0.25, -0.2) is 0 Å². The third-order valence-corrected chi connectivity index (χ3v) is 2.66. The fraction of sp³-hybridized carbons (Fsp3) is 0.800. The van der Waals surface area contributed by atoms with Crippen molar-refractivity contribution in [2.45, 2.75) is 32.7 Å². The number of anilines is 1. The molecule has 1 fully saturated rings. The molecule has 1 aliphatic heterocycles. The largest absolute Gasteiger partial charge is 0.337 e. The van der Waals surface area contributed by atoms with E-state index >= 15 is 0 Å². The summed E-state index contributed by atoms with van der Waals surface area (Å²) in [5.41, 5.74) is 0. The summed E-state index contributed by atoms with van der Waals surface area (Å²) in [6, 6.07) is 0.520. The Bertz CT molecular complexity index is 309. The summed E-state index contributed by atoms with van der Waals surface area (Å²) in [7, 11) is 0. The molecule has 1 aromatic heterocycles. The van der Waals surface area contributed by atoms with E-state index in [1.54, 1.807) is 0 Å². The Morgan fingerprint density at radius 1 is 1.53 bits per heavy atom. The predicted octanol–water partition coefficient (Wildman–Crippen LogP) is 0.555. The minimum atomic E-state index is 0.520. The van der Waals surface area contributed by atoms with Crippen LogP contribution in [0.2, 0.25) is 0 Å². The summed E-state index contributed by atoms with van der Waals surface area (Å²) in [5.74, 6) is 1.85. The van der Waals surface area contributed by atoms with E-state index in [0.29, 0.717) is 6.04 Å². The Kier molecular flexibility index (Phi) is 3.20. The topological polar surface area (TPSA) is 56.8 Å². The molecule has 2 rings (SSSR count). The molecule has 15 heavy (non-hydrogen) atoms. The number of aryl methyl sites for hydroxylation is 1. The van der Waals surface area contributed by atoms with E-state index in [1.807, 2.05) is 0 Å². The van der Waals surface area contributed by atoms with Crippen LogP contribution in [0.25, 0.3) is 0 Å². The van der Waals surface area contributed by atoms with Gasteiger partial charge in [-0.1, -0.05) is 6.92 Å². The van der Waals surface area contributed by atoms with Crippen molar-refractivity contribution in [3.05, 3.63) is 5.82 Å². The van der Waals surface area contributed by atoms with Crippen molar-refractivity contribution < 1.29 is 0 Å². The molecule has 2 N–H and O–H groups in total. The molecule has 84 valence electrons. The van der Waals surface area contributed by atoms with Crippen LogP contribution in [0.15, 0.2) is 0 Å². The molecular weight excluding hydrogens is 190 g/mol. The van der Waals surface area contributed by atoms with Crippen LogP contribution in [0.4, 0.5) is 5.95 Å². The van der Waals surface area contributed by atoms with Crippen molar-refractivity contribution in [2.24, 2.45) is 0 Å². The molecule has 1 aliphatic rings. The van der Waals surface area contributed by atoms with Crippen LogP contribution in [0.3, 0.4) is 0 Å². The first-order valence-electron chi connectivity index (χ1n) is 5.69. The molecule has 1 aromatic rings. The zero-order valence-electron chi connectivity index (χ0n) is 9.45. The van der Waals surface area contributed by atoms with Crippen LogP contribution < -0.4 is 10.2 Å². The average molecular weight is 209 g/mol. The highest BCUT2D eigenvalue weighted by atomic mass is 15.4. The van der Waals surface area contributed by atoms with Gasteiger partial charge in [0.05, 0.1) is 0 Å². The van der Waals surface area contributed by atoms with Crippen LogP contribution in [-0.2, 0) is 6.42 Å². The number of hydrogen-bond donors (Lipinski definition) is 2. The van der Waals surface area contributed by atoms with Gasteiger partial charge in [-0.05, 0) is 13.3 Å². The highest BCUT2D eigenvalue weighted by molar-refractivity contribution is 5.30. The molecule has 0 unspecified atom stereocenters. The number of nitrogens with one attached hydrogen (secondary N) is 2. The Hall–Kier alpha value is -1.10. The van der Waals surface area contributed by atoms with E-state index in [1.165, 1.54) is 0 Å². The van der Waals surface area contributed by atoms with Crippen LogP contribution in [-0.4, -0.2) is 40.9 Å². The fourth-order valence-electron chi connectivity index (χ4n) is 1.89. The van der Waals surface area contributed by atoms with Crippen molar-refractivity contribution in [3.8, 4) is 0 Å². The molecule has 1 saturated heterocycles. The predicted molar refractivity (Wildman–Crippen MR) is 60.1 cm³/mol. The van der Waals surface area contributed by atoms with E-state index in [2.05, 4.69) is 39.2 Å². The van der Waals surface area contributed by atoms with Crippen molar-refractivity contribution in [2.75, 3.05) is 24.5 Å². The van der Waals surface area contributed by atoms with Gasteiger partial charge in [0.2, 0.25) is 5.95 Å². The van der Waals surface area contributed by atoms with Crippen LogP contribution in [0, 0.1) is 0 Å². The first-order valence-corrected chi connectivity index (χ1v) is 5.69. The van der Waals surface area contributed by atoms with Crippen LogP contribution in [0.1, 0.15) is 26.1 Å². The first kappa shape index (κ1) is 10.4. The second-order valence-corrected chi connectivity index (χ2v) is 4.13. The minimum Gasteiger partial charge on any atom is -0.337 e. The van der Waals surface area contributed by atoms with Gasteiger partial charge in [0, 0.05) is 32.1 Å². The summed E-state index contributed by atoms with van der Waals surface area (Å²) >= 11 is 0. The summed E-state index contributed by atoms with van der Waals surface area (Å²) in [4.78, 5) is 6.72. The molecule has 1 atom stereocenters. The Morgan fingerprint density at radius 3 is 3.13 bits per heavy atom. The molecule has 0 aromatic carbocycles. The Morgan fingerprint density at radius 2 is 2.40 bits per heavy atom. The van der Waals surface area contributed by atoms with Crippen molar-refractivity contribution >= 4 is 5.95 Å². The van der Waals surface area contributed by atoms with E-state index in [-0.39, 0.29) is 0 Å². The summed E-state index contributed by atoms with van der Waals surface area (Å²) in [6.45, 7) is 7.33. The lowest BCUT2D eigenvalue weighted by Crippen LogP contribution is -2.49. The highest BCUT2D eigenvalue weighted by Gasteiger charge is 2.18.